The number of aromatic nitrogens is 4. The van der Waals surface area contributed by atoms with E-state index in [9.17, 15) is 0 Å². The van der Waals surface area contributed by atoms with Gasteiger partial charge in [-0.15, -0.1) is 0 Å². The Hall–Kier alpha value is -1.34. The van der Waals surface area contributed by atoms with Crippen LogP contribution >= 0.6 is 11.8 Å². The highest BCUT2D eigenvalue weighted by atomic mass is 32.2. The summed E-state index contributed by atoms with van der Waals surface area (Å²) in [6.45, 7) is 1.13. The van der Waals surface area contributed by atoms with Crippen molar-refractivity contribution >= 4 is 28.7 Å². The third-order valence-corrected chi connectivity index (χ3v) is 3.80. The quantitative estimate of drug-likeness (QED) is 0.620. The van der Waals surface area contributed by atoms with Crippen molar-refractivity contribution in [3.63, 3.8) is 0 Å². The van der Waals surface area contributed by atoms with Gasteiger partial charge in [-0.3, -0.25) is 0 Å². The Balaban J connectivity index is 2.34. The lowest BCUT2D eigenvalue weighted by Gasteiger charge is -2.11. The highest BCUT2D eigenvalue weighted by Crippen LogP contribution is 2.26. The van der Waals surface area contributed by atoms with Crippen molar-refractivity contribution in [2.45, 2.75) is 31.0 Å². The normalized spacial score (nSPS) is 11.2. The number of hydrogen-bond donors (Lipinski definition) is 1. The number of fused-ring (bicyclic) bond motifs is 1. The number of anilines is 1. The van der Waals surface area contributed by atoms with Gasteiger partial charge in [-0.05, 0) is 25.5 Å². The molecule has 7 heteroatoms. The highest BCUT2D eigenvalue weighted by Gasteiger charge is 2.15. The standard InChI is InChI=1S/C13H21N5OS/c1-17(2)11-10-12(15-9-14-11)18(13(16-10)20-3)7-5-4-6-8-19/h9,19H,4-8H2,1-3H3. The summed E-state index contributed by atoms with van der Waals surface area (Å²) < 4.78 is 2.14. The fraction of sp³-hybridized carbons (Fsp3) is 0.615. The molecule has 110 valence electrons. The number of hydrogen-bond acceptors (Lipinski definition) is 6. The van der Waals surface area contributed by atoms with Crippen LogP contribution in [0.15, 0.2) is 11.5 Å². The zero-order valence-corrected chi connectivity index (χ0v) is 13.0. The molecule has 0 aliphatic rings. The molecule has 0 radical (unpaired) electrons. The summed E-state index contributed by atoms with van der Waals surface area (Å²) in [4.78, 5) is 15.3. The first-order valence-electron chi connectivity index (χ1n) is 6.72. The van der Waals surface area contributed by atoms with Crippen molar-refractivity contribution in [1.29, 1.82) is 0 Å². The largest absolute Gasteiger partial charge is 0.396 e. The summed E-state index contributed by atoms with van der Waals surface area (Å²) in [5.74, 6) is 0.847. The first-order chi connectivity index (χ1) is 9.69. The van der Waals surface area contributed by atoms with Crippen LogP contribution in [-0.4, -0.2) is 51.6 Å². The van der Waals surface area contributed by atoms with Gasteiger partial charge >= 0.3 is 0 Å². The minimum Gasteiger partial charge on any atom is -0.396 e. The number of unbranched alkanes of at least 4 members (excludes halogenated alkanes) is 2. The Morgan fingerprint density at radius 3 is 2.70 bits per heavy atom. The smallest absolute Gasteiger partial charge is 0.170 e. The van der Waals surface area contributed by atoms with Crippen molar-refractivity contribution in [1.82, 2.24) is 19.5 Å². The van der Waals surface area contributed by atoms with Gasteiger partial charge in [0.2, 0.25) is 0 Å². The average Bonchev–Trinajstić information content (AvgIpc) is 2.81. The molecule has 0 aliphatic heterocycles. The topological polar surface area (TPSA) is 67.1 Å². The predicted octanol–water partition coefficient (Wildman–Crippen LogP) is 1.78. The number of rotatable bonds is 7. The van der Waals surface area contributed by atoms with Crippen LogP contribution in [0.2, 0.25) is 0 Å². The fourth-order valence-electron chi connectivity index (χ4n) is 2.15. The van der Waals surface area contributed by atoms with Gasteiger partial charge in [-0.1, -0.05) is 11.8 Å². The first-order valence-corrected chi connectivity index (χ1v) is 7.95. The summed E-state index contributed by atoms with van der Waals surface area (Å²) in [6.07, 6.45) is 6.48. The summed E-state index contributed by atoms with van der Waals surface area (Å²) >= 11 is 1.62. The molecule has 0 unspecified atom stereocenters. The highest BCUT2D eigenvalue weighted by molar-refractivity contribution is 7.98. The molecular weight excluding hydrogens is 274 g/mol. The molecular formula is C13H21N5OS. The van der Waals surface area contributed by atoms with Crippen LogP contribution in [0.25, 0.3) is 11.2 Å². The second-order valence-corrected chi connectivity index (χ2v) is 5.57. The van der Waals surface area contributed by atoms with Crippen molar-refractivity contribution in [3.8, 4) is 0 Å². The molecule has 2 rings (SSSR count). The minimum absolute atomic E-state index is 0.257. The maximum atomic E-state index is 8.84. The molecule has 0 bridgehead atoms. The maximum Gasteiger partial charge on any atom is 0.170 e. The van der Waals surface area contributed by atoms with Crippen LogP contribution in [0.5, 0.6) is 0 Å². The minimum atomic E-state index is 0.257. The number of imidazole rings is 1. The predicted molar refractivity (Wildman–Crippen MR) is 82.4 cm³/mol. The summed E-state index contributed by atoms with van der Waals surface area (Å²) in [5.41, 5.74) is 1.74. The van der Waals surface area contributed by atoms with Gasteiger partial charge in [0.1, 0.15) is 6.33 Å². The lowest BCUT2D eigenvalue weighted by Crippen LogP contribution is -2.11. The van der Waals surface area contributed by atoms with E-state index in [1.807, 2.05) is 25.3 Å². The zero-order valence-electron chi connectivity index (χ0n) is 12.2. The van der Waals surface area contributed by atoms with Crippen LogP contribution < -0.4 is 4.90 Å². The van der Waals surface area contributed by atoms with Crippen LogP contribution in [0.3, 0.4) is 0 Å². The van der Waals surface area contributed by atoms with Gasteiger partial charge in [0, 0.05) is 27.2 Å². The third-order valence-electron chi connectivity index (χ3n) is 3.12. The second kappa shape index (κ2) is 6.90. The number of aliphatic hydroxyl groups excluding tert-OH is 1. The fourth-order valence-corrected chi connectivity index (χ4v) is 2.73. The molecule has 2 heterocycles. The van der Waals surface area contributed by atoms with E-state index >= 15 is 0 Å². The Kier molecular flexibility index (Phi) is 5.19. The van der Waals surface area contributed by atoms with Crippen molar-refractivity contribution in [2.75, 3.05) is 31.9 Å². The van der Waals surface area contributed by atoms with E-state index in [0.29, 0.717) is 0 Å². The van der Waals surface area contributed by atoms with E-state index in [1.54, 1.807) is 18.1 Å². The van der Waals surface area contributed by atoms with Crippen LogP contribution in [0, 0.1) is 0 Å². The van der Waals surface area contributed by atoms with Gasteiger partial charge in [-0.25, -0.2) is 15.0 Å². The van der Waals surface area contributed by atoms with Crippen LogP contribution in [0.1, 0.15) is 19.3 Å². The number of aryl methyl sites for hydroxylation is 1. The number of nitrogens with zero attached hydrogens (tertiary/aromatic N) is 5. The molecule has 0 saturated heterocycles. The summed E-state index contributed by atoms with van der Waals surface area (Å²) in [7, 11) is 3.92. The summed E-state index contributed by atoms with van der Waals surface area (Å²) in [6, 6.07) is 0. The third kappa shape index (κ3) is 3.04. The van der Waals surface area contributed by atoms with E-state index < -0.39 is 0 Å². The Morgan fingerprint density at radius 1 is 1.25 bits per heavy atom. The molecule has 2 aromatic rings. The number of aliphatic hydroxyl groups is 1. The Morgan fingerprint density at radius 2 is 2.05 bits per heavy atom. The van der Waals surface area contributed by atoms with Gasteiger partial charge in [-0.2, -0.15) is 0 Å². The molecule has 0 aliphatic carbocycles. The molecule has 0 fully saturated rings. The number of thioether (sulfide) groups is 1. The molecule has 6 nitrogen and oxygen atoms in total. The van der Waals surface area contributed by atoms with Gasteiger partial charge in [0.15, 0.2) is 22.1 Å². The lowest BCUT2D eigenvalue weighted by molar-refractivity contribution is 0.281. The lowest BCUT2D eigenvalue weighted by atomic mass is 10.2. The molecule has 0 aromatic carbocycles. The van der Waals surface area contributed by atoms with E-state index in [-0.39, 0.29) is 6.61 Å². The van der Waals surface area contributed by atoms with E-state index in [2.05, 4.69) is 19.5 Å². The first kappa shape index (κ1) is 15.1. The maximum absolute atomic E-state index is 8.84. The summed E-state index contributed by atoms with van der Waals surface area (Å²) in [5, 5.41) is 9.81. The molecule has 0 atom stereocenters. The van der Waals surface area contributed by atoms with Gasteiger partial charge in [0.25, 0.3) is 0 Å². The monoisotopic (exact) mass is 295 g/mol. The molecule has 0 amide bonds. The molecule has 1 N–H and O–H groups in total. The second-order valence-electron chi connectivity index (χ2n) is 4.80. The van der Waals surface area contributed by atoms with Gasteiger partial charge in [0.05, 0.1) is 0 Å². The Labute approximate surface area is 123 Å². The van der Waals surface area contributed by atoms with Crippen molar-refractivity contribution in [2.24, 2.45) is 0 Å². The van der Waals surface area contributed by atoms with Crippen molar-refractivity contribution < 1.29 is 5.11 Å². The molecule has 0 spiro atoms. The van der Waals surface area contributed by atoms with E-state index in [4.69, 9.17) is 5.11 Å². The van der Waals surface area contributed by atoms with Gasteiger partial charge < -0.3 is 14.6 Å². The van der Waals surface area contributed by atoms with Crippen LogP contribution in [0.4, 0.5) is 5.82 Å². The average molecular weight is 295 g/mol. The zero-order chi connectivity index (χ0) is 14.5. The van der Waals surface area contributed by atoms with Crippen molar-refractivity contribution in [3.05, 3.63) is 6.33 Å². The Bertz CT molecular complexity index is 569. The molecule has 20 heavy (non-hydrogen) atoms. The van der Waals surface area contributed by atoms with E-state index in [0.717, 1.165) is 47.9 Å². The SMILES string of the molecule is CSc1nc2c(N(C)C)ncnc2n1CCCCCO. The molecule has 2 aromatic heterocycles. The van der Waals surface area contributed by atoms with Crippen LogP contribution in [-0.2, 0) is 6.54 Å². The van der Waals surface area contributed by atoms with E-state index in [1.165, 1.54) is 0 Å². The molecule has 0 saturated carbocycles.